The zero-order valence-electron chi connectivity index (χ0n) is 48.8. The topological polar surface area (TPSA) is 286 Å². The fraction of sp³-hybridized carbons (Fsp3) is 0.433. The summed E-state index contributed by atoms with van der Waals surface area (Å²) in [4.78, 5) is 56.2. The summed E-state index contributed by atoms with van der Waals surface area (Å²) in [5.41, 5.74) is 6.15. The zero-order chi connectivity index (χ0) is 61.4. The first kappa shape index (κ1) is 61.4. The van der Waals surface area contributed by atoms with Gasteiger partial charge in [0, 0.05) is 104 Å². The number of nitriles is 1. The van der Waals surface area contributed by atoms with Gasteiger partial charge in [0.25, 0.3) is 16.7 Å². The lowest BCUT2D eigenvalue weighted by Gasteiger charge is -2.25. The molecule has 0 aliphatic carbocycles. The second-order valence-corrected chi connectivity index (χ2v) is 23.5. The van der Waals surface area contributed by atoms with Gasteiger partial charge < -0.3 is 47.4 Å². The van der Waals surface area contributed by atoms with Gasteiger partial charge in [0.15, 0.2) is 12.5 Å². The van der Waals surface area contributed by atoms with Crippen molar-refractivity contribution in [3.63, 3.8) is 0 Å². The molecule has 5 aliphatic heterocycles. The first-order valence-corrected chi connectivity index (χ1v) is 30.6. The Morgan fingerprint density at radius 1 is 0.602 bits per heavy atom. The summed E-state index contributed by atoms with van der Waals surface area (Å²) in [5, 5.41) is 32.4. The number of nitrogens with one attached hydrogen (secondary N) is 1. The van der Waals surface area contributed by atoms with Gasteiger partial charge in [-0.2, -0.15) is 29.9 Å². The lowest BCUT2D eigenvalue weighted by atomic mass is 10.1. The minimum Gasteiger partial charge on any atom is -0.472 e. The number of pyridine rings is 3. The number of ether oxygens (including phenoxy) is 5. The summed E-state index contributed by atoms with van der Waals surface area (Å²) >= 11 is 16.3. The molecule has 28 heteroatoms. The van der Waals surface area contributed by atoms with Gasteiger partial charge in [-0.1, -0.05) is 49.4 Å². The molecular weight excluding hydrogens is 1240 g/mol. The van der Waals surface area contributed by atoms with Crippen molar-refractivity contribution in [1.29, 1.82) is 5.26 Å². The van der Waals surface area contributed by atoms with Crippen LogP contribution in [0.25, 0.3) is 22.3 Å². The predicted molar refractivity (Wildman–Crippen MR) is 328 cm³/mol. The van der Waals surface area contributed by atoms with E-state index in [0.29, 0.717) is 80.6 Å². The highest BCUT2D eigenvalue weighted by molar-refractivity contribution is 9.10. The molecule has 0 bridgehead atoms. The van der Waals surface area contributed by atoms with Crippen molar-refractivity contribution in [3.8, 4) is 46.0 Å². The van der Waals surface area contributed by atoms with E-state index in [1.54, 1.807) is 31.0 Å². The minimum atomic E-state index is -0.488. The van der Waals surface area contributed by atoms with Gasteiger partial charge in [0.1, 0.15) is 51.5 Å². The van der Waals surface area contributed by atoms with Crippen LogP contribution in [0.15, 0.2) is 101 Å². The van der Waals surface area contributed by atoms with Crippen LogP contribution in [0.1, 0.15) is 98.7 Å². The van der Waals surface area contributed by atoms with Crippen molar-refractivity contribution in [3.05, 3.63) is 148 Å². The van der Waals surface area contributed by atoms with Crippen LogP contribution in [0.5, 0.6) is 17.6 Å². The van der Waals surface area contributed by atoms with Crippen LogP contribution in [0, 0.1) is 39.0 Å². The maximum absolute atomic E-state index is 12.8. The first-order valence-electron chi connectivity index (χ1n) is 29.1. The van der Waals surface area contributed by atoms with Gasteiger partial charge in [0.05, 0.1) is 66.7 Å². The van der Waals surface area contributed by atoms with E-state index in [0.717, 1.165) is 114 Å². The quantitative estimate of drug-likeness (QED) is 0.112. The Balaban J connectivity index is 0.000000137. The summed E-state index contributed by atoms with van der Waals surface area (Å²) in [6, 6.07) is 13.2. The number of anilines is 3. The van der Waals surface area contributed by atoms with Crippen molar-refractivity contribution in [2.45, 2.75) is 116 Å². The van der Waals surface area contributed by atoms with Gasteiger partial charge in [-0.3, -0.25) is 14.4 Å². The van der Waals surface area contributed by atoms with Gasteiger partial charge >= 0.3 is 0 Å². The Bertz CT molecular complexity index is 3950. The van der Waals surface area contributed by atoms with Gasteiger partial charge in [0.2, 0.25) is 17.6 Å². The van der Waals surface area contributed by atoms with Crippen molar-refractivity contribution in [2.75, 3.05) is 67.2 Å². The first-order chi connectivity index (χ1) is 42.7. The molecule has 13 rings (SSSR count). The molecule has 0 saturated carbocycles. The van der Waals surface area contributed by atoms with Crippen LogP contribution < -0.4 is 45.6 Å². The molecule has 5 fully saturated rings. The fourth-order valence-electron chi connectivity index (χ4n) is 11.4. The average molecular weight is 1310 g/mol. The molecule has 8 aromatic heterocycles. The predicted octanol–water partition coefficient (Wildman–Crippen LogP) is 9.30. The second-order valence-electron chi connectivity index (χ2n) is 21.8. The Hall–Kier alpha value is -8.22. The highest BCUT2D eigenvalue weighted by Gasteiger charge is 2.32. The Morgan fingerprint density at radius 3 is 1.45 bits per heavy atom. The van der Waals surface area contributed by atoms with Crippen LogP contribution in [-0.4, -0.2) is 126 Å². The molecule has 88 heavy (non-hydrogen) atoms. The highest BCUT2D eigenvalue weighted by Crippen LogP contribution is 2.34. The molecule has 13 heterocycles. The van der Waals surface area contributed by atoms with E-state index in [1.165, 1.54) is 15.6 Å². The third-order valence-electron chi connectivity index (χ3n) is 15.8. The van der Waals surface area contributed by atoms with Crippen molar-refractivity contribution in [2.24, 2.45) is 0 Å². The molecule has 0 radical (unpaired) electrons. The van der Waals surface area contributed by atoms with Gasteiger partial charge in [-0.05, 0) is 95.5 Å². The summed E-state index contributed by atoms with van der Waals surface area (Å²) in [6.07, 6.45) is 17.0. The standard InChI is InChI=1S/C23H26ClN5O4.C19H18N6O3.C18H20BrClN4O3/c1-14-21(15(2)33-27-14)16-6-8-25-19(11-16)32-17-7-9-28(13-17)18-12-26-29(23(30)22(18)24)20-5-3-4-10-31-20;1-11-18(12(2)28-24-11)13-3-5-21-17(7-13)27-14-4-6-25(10-14)16-9-22-23-19(26)15(16)8-20;19-12-4-6-21-15(9-12)27-13-5-7-23(11-13)14-10-22-24(18(25)17(14)20)16-3-1-2-8-26-16/h6,8,11-12,17,20H,3-5,7,9-10,13H2,1-2H3;3,5,7,9,14H,4,6,10H2,1-2H3,(H,23,26);4,6,9-10,13,16H,1-3,5,7-8,11H2/t17-,20?;14-;13-,16?/m111/s1. The van der Waals surface area contributed by atoms with E-state index < -0.39 is 5.56 Å². The number of rotatable bonds is 13. The number of H-pyrrole nitrogens is 1. The number of aryl methyl sites for hydroxylation is 4. The summed E-state index contributed by atoms with van der Waals surface area (Å²) in [6.45, 7) is 12.7. The molecule has 5 saturated heterocycles. The maximum atomic E-state index is 12.8. The lowest BCUT2D eigenvalue weighted by Crippen LogP contribution is -2.33. The highest BCUT2D eigenvalue weighted by atomic mass is 79.9. The fourth-order valence-corrected chi connectivity index (χ4v) is 12.3. The molecule has 8 aromatic rings. The minimum absolute atomic E-state index is 0.0213. The average Bonchev–Trinajstić information content (AvgIpc) is 4.56. The summed E-state index contributed by atoms with van der Waals surface area (Å²) in [5.74, 6) is 3.12. The molecule has 0 aromatic carbocycles. The third-order valence-corrected chi connectivity index (χ3v) is 17.0. The Morgan fingerprint density at radius 2 is 1.05 bits per heavy atom. The van der Waals surface area contributed by atoms with Gasteiger partial charge in [-0.25, -0.2) is 20.1 Å². The molecule has 25 nitrogen and oxygen atoms in total. The molecular formula is C60H64BrCl2N15O10. The third kappa shape index (κ3) is 14.0. The van der Waals surface area contributed by atoms with E-state index in [1.807, 2.05) is 84.9 Å². The number of hydrogen-bond donors (Lipinski definition) is 1. The molecule has 0 amide bonds. The van der Waals surface area contributed by atoms with E-state index in [-0.39, 0.29) is 57.5 Å². The molecule has 2 unspecified atom stereocenters. The van der Waals surface area contributed by atoms with Crippen LogP contribution in [0.3, 0.4) is 0 Å². The zero-order valence-corrected chi connectivity index (χ0v) is 51.9. The molecule has 460 valence electrons. The molecule has 5 aliphatic rings. The molecule has 5 atom stereocenters. The van der Waals surface area contributed by atoms with Gasteiger partial charge in [-0.15, -0.1) is 0 Å². The number of aromatic nitrogens is 11. The molecule has 1 N–H and O–H groups in total. The van der Waals surface area contributed by atoms with Crippen LogP contribution >= 0.6 is 39.1 Å². The van der Waals surface area contributed by atoms with Crippen LogP contribution in [0.2, 0.25) is 10.0 Å². The normalized spacial score (nSPS) is 20.0. The van der Waals surface area contributed by atoms with Crippen LogP contribution in [-0.2, 0) is 9.47 Å². The summed E-state index contributed by atoms with van der Waals surface area (Å²) < 4.78 is 43.7. The largest absolute Gasteiger partial charge is 0.472 e. The Kier molecular flexibility index (Phi) is 19.5. The van der Waals surface area contributed by atoms with Crippen molar-refractivity contribution in [1.82, 2.24) is 55.0 Å². The lowest BCUT2D eigenvalue weighted by molar-refractivity contribution is -0.0425. The van der Waals surface area contributed by atoms with E-state index >= 15 is 0 Å². The maximum Gasteiger partial charge on any atom is 0.290 e. The SMILES string of the molecule is Cc1noc(C)c1-c1ccnc(O[C@@H]2CCN(c3cn[nH]c(=O)c3C#N)C2)c1.Cc1noc(C)c1-c1ccnc(O[C@@H]2CCN(c3cnn(C4CCCCO4)c(=O)c3Cl)C2)c1.O=c1c(Cl)c(N2CC[C@@H](Oc3cc(Br)ccn3)C2)cnn1C1CCCCO1. The number of hydrogen-bond acceptors (Lipinski definition) is 22. The van der Waals surface area contributed by atoms with Crippen molar-refractivity contribution >= 4 is 56.2 Å². The summed E-state index contributed by atoms with van der Waals surface area (Å²) in [7, 11) is 0. The smallest absolute Gasteiger partial charge is 0.290 e. The number of aromatic amines is 1. The van der Waals surface area contributed by atoms with E-state index in [2.05, 4.69) is 61.6 Å². The second kappa shape index (κ2) is 27.9. The van der Waals surface area contributed by atoms with Crippen LogP contribution in [0.4, 0.5) is 17.1 Å². The Labute approximate surface area is 523 Å². The van der Waals surface area contributed by atoms with E-state index in [9.17, 15) is 19.6 Å². The number of halogens is 3. The molecule has 0 spiro atoms. The van der Waals surface area contributed by atoms with Crippen molar-refractivity contribution < 1.29 is 32.7 Å². The van der Waals surface area contributed by atoms with E-state index in [4.69, 9.17) is 55.9 Å². The number of nitrogens with zero attached hydrogens (tertiary/aromatic N) is 14. The monoisotopic (exact) mass is 1300 g/mol.